The highest BCUT2D eigenvalue weighted by Gasteiger charge is 2.26. The Kier molecular flexibility index (Phi) is 3.12. The number of aromatic nitrogens is 1. The van der Waals surface area contributed by atoms with Crippen LogP contribution in [0.25, 0.3) is 21.2 Å². The van der Waals surface area contributed by atoms with Crippen molar-refractivity contribution >= 4 is 41.2 Å². The van der Waals surface area contributed by atoms with Gasteiger partial charge in [0.15, 0.2) is 0 Å². The summed E-state index contributed by atoms with van der Waals surface area (Å²) in [5, 5.41) is 4.73. The molecule has 0 aliphatic heterocycles. The van der Waals surface area contributed by atoms with E-state index in [0.717, 1.165) is 21.4 Å². The molecule has 0 atom stereocenters. The molecule has 20 heavy (non-hydrogen) atoms. The van der Waals surface area contributed by atoms with Gasteiger partial charge in [0.25, 0.3) is 9.05 Å². The highest BCUT2D eigenvalue weighted by Crippen LogP contribution is 2.44. The van der Waals surface area contributed by atoms with E-state index in [1.165, 1.54) is 0 Å². The minimum absolute atomic E-state index is 0.134. The maximum absolute atomic E-state index is 11.9. The second-order valence-corrected chi connectivity index (χ2v) is 8.21. The molecule has 0 amide bonds. The number of halogens is 1. The van der Waals surface area contributed by atoms with Crippen LogP contribution in [-0.2, 0) is 9.05 Å². The smallest absolute Gasteiger partial charge is 0.271 e. The van der Waals surface area contributed by atoms with Gasteiger partial charge in [0.05, 0.1) is 11.3 Å². The lowest BCUT2D eigenvalue weighted by molar-refractivity contribution is 0.393. The first-order valence-corrected chi connectivity index (χ1v) is 8.91. The van der Waals surface area contributed by atoms with Crippen molar-refractivity contribution in [1.82, 2.24) is 5.16 Å². The Bertz CT molecular complexity index is 889. The fourth-order valence-corrected chi connectivity index (χ4v) is 4.85. The van der Waals surface area contributed by atoms with Crippen molar-refractivity contribution < 1.29 is 12.9 Å². The quantitative estimate of drug-likeness (QED) is 0.665. The van der Waals surface area contributed by atoms with Gasteiger partial charge < -0.3 is 4.52 Å². The molecule has 0 aliphatic rings. The summed E-state index contributed by atoms with van der Waals surface area (Å²) in [6.45, 7) is 3.54. The summed E-state index contributed by atoms with van der Waals surface area (Å²) in [5.74, 6) is 0.576. The number of thiophene rings is 1. The third-order valence-corrected chi connectivity index (χ3v) is 6.33. The summed E-state index contributed by atoms with van der Waals surface area (Å²) in [6, 6.07) is 7.47. The van der Waals surface area contributed by atoms with Crippen LogP contribution >= 0.6 is 22.0 Å². The second kappa shape index (κ2) is 4.58. The Morgan fingerprint density at radius 1 is 1.20 bits per heavy atom. The summed E-state index contributed by atoms with van der Waals surface area (Å²) in [6.07, 6.45) is 0. The Morgan fingerprint density at radius 3 is 2.50 bits per heavy atom. The minimum Gasteiger partial charge on any atom is -0.361 e. The molecule has 2 heterocycles. The highest BCUT2D eigenvalue weighted by atomic mass is 35.7. The van der Waals surface area contributed by atoms with Crippen LogP contribution in [0.2, 0.25) is 0 Å². The first-order chi connectivity index (χ1) is 9.39. The third kappa shape index (κ3) is 2.04. The molecule has 1 aromatic carbocycles. The third-order valence-electron chi connectivity index (χ3n) is 3.07. The Labute approximate surface area is 124 Å². The average molecular weight is 328 g/mol. The number of aryl methyl sites for hydroxylation is 2. The van der Waals surface area contributed by atoms with Gasteiger partial charge in [-0.3, -0.25) is 0 Å². The fraction of sp³-hybridized carbons (Fsp3) is 0.154. The lowest BCUT2D eigenvalue weighted by Crippen LogP contribution is -1.91. The standard InChI is InChI=1S/C13H10ClNO3S2/c1-7-11(8(2)18-15-7)12-9-5-3-4-6-10(9)19-13(12)20(14,16)17/h3-6H,1-2H3. The number of hydrogen-bond donors (Lipinski definition) is 0. The van der Waals surface area contributed by atoms with Gasteiger partial charge in [-0.2, -0.15) is 0 Å². The van der Waals surface area contributed by atoms with E-state index in [4.69, 9.17) is 15.2 Å². The van der Waals surface area contributed by atoms with Crippen molar-refractivity contribution in [3.63, 3.8) is 0 Å². The van der Waals surface area contributed by atoms with Crippen LogP contribution in [0, 0.1) is 13.8 Å². The number of rotatable bonds is 2. The lowest BCUT2D eigenvalue weighted by atomic mass is 10.0. The van der Waals surface area contributed by atoms with E-state index in [1.807, 2.05) is 24.3 Å². The predicted octanol–water partition coefficient (Wildman–Crippen LogP) is 4.10. The van der Waals surface area contributed by atoms with E-state index in [-0.39, 0.29) is 4.21 Å². The Hall–Kier alpha value is -1.37. The van der Waals surface area contributed by atoms with Gasteiger partial charge >= 0.3 is 0 Å². The maximum Gasteiger partial charge on any atom is 0.271 e. The molecule has 104 valence electrons. The number of fused-ring (bicyclic) bond motifs is 1. The van der Waals surface area contributed by atoms with Crippen LogP contribution in [0.15, 0.2) is 33.0 Å². The van der Waals surface area contributed by atoms with E-state index < -0.39 is 9.05 Å². The molecule has 0 bridgehead atoms. The molecular formula is C13H10ClNO3S2. The van der Waals surface area contributed by atoms with Crippen LogP contribution in [0.3, 0.4) is 0 Å². The van der Waals surface area contributed by atoms with Gasteiger partial charge in [-0.25, -0.2) is 8.42 Å². The molecular weight excluding hydrogens is 318 g/mol. The monoisotopic (exact) mass is 327 g/mol. The van der Waals surface area contributed by atoms with Crippen molar-refractivity contribution in [2.45, 2.75) is 18.1 Å². The molecule has 0 N–H and O–H groups in total. The second-order valence-electron chi connectivity index (χ2n) is 4.40. The van der Waals surface area contributed by atoms with Crippen molar-refractivity contribution in [3.05, 3.63) is 35.7 Å². The first-order valence-electron chi connectivity index (χ1n) is 5.79. The summed E-state index contributed by atoms with van der Waals surface area (Å²) >= 11 is 1.16. The maximum atomic E-state index is 11.9. The molecule has 4 nitrogen and oxygen atoms in total. The van der Waals surface area contributed by atoms with Crippen LogP contribution in [0.5, 0.6) is 0 Å². The Balaban J connectivity index is 2.51. The minimum atomic E-state index is -3.83. The molecule has 3 aromatic rings. The van der Waals surface area contributed by atoms with Crippen LogP contribution in [0.4, 0.5) is 0 Å². The van der Waals surface area contributed by atoms with Crippen molar-refractivity contribution in [1.29, 1.82) is 0 Å². The molecule has 0 aliphatic carbocycles. The molecule has 0 spiro atoms. The van der Waals surface area contributed by atoms with Gasteiger partial charge in [0.2, 0.25) is 0 Å². The van der Waals surface area contributed by atoms with Crippen LogP contribution in [-0.4, -0.2) is 13.6 Å². The molecule has 0 radical (unpaired) electrons. The van der Waals surface area contributed by atoms with E-state index in [0.29, 0.717) is 22.6 Å². The van der Waals surface area contributed by atoms with Gasteiger partial charge in [-0.15, -0.1) is 11.3 Å². The highest BCUT2D eigenvalue weighted by molar-refractivity contribution is 8.15. The Morgan fingerprint density at radius 2 is 1.90 bits per heavy atom. The van der Waals surface area contributed by atoms with Crippen LogP contribution < -0.4 is 0 Å². The van der Waals surface area contributed by atoms with Crippen LogP contribution in [0.1, 0.15) is 11.5 Å². The zero-order valence-corrected chi connectivity index (χ0v) is 13.1. The SMILES string of the molecule is Cc1noc(C)c1-c1c(S(=O)(=O)Cl)sc2ccccc12. The summed E-state index contributed by atoms with van der Waals surface area (Å²) < 4.78 is 29.9. The molecule has 0 saturated heterocycles. The van der Waals surface area contributed by atoms with E-state index in [1.54, 1.807) is 13.8 Å². The zero-order valence-electron chi connectivity index (χ0n) is 10.7. The van der Waals surface area contributed by atoms with Crippen molar-refractivity contribution in [2.24, 2.45) is 0 Å². The van der Waals surface area contributed by atoms with E-state index in [9.17, 15) is 8.42 Å². The molecule has 0 fully saturated rings. The zero-order chi connectivity index (χ0) is 14.5. The van der Waals surface area contributed by atoms with Crippen molar-refractivity contribution in [3.8, 4) is 11.1 Å². The summed E-state index contributed by atoms with van der Waals surface area (Å²) in [7, 11) is 1.75. The predicted molar refractivity (Wildman–Crippen MR) is 79.8 cm³/mol. The largest absolute Gasteiger partial charge is 0.361 e. The van der Waals surface area contributed by atoms with Gasteiger partial charge in [-0.1, -0.05) is 23.4 Å². The summed E-state index contributed by atoms with van der Waals surface area (Å²) in [5.41, 5.74) is 1.92. The van der Waals surface area contributed by atoms with Crippen molar-refractivity contribution in [2.75, 3.05) is 0 Å². The molecule has 2 aromatic heterocycles. The molecule has 0 saturated carbocycles. The first kappa shape index (κ1) is 13.6. The fourth-order valence-electron chi connectivity index (χ4n) is 2.27. The number of nitrogens with zero attached hydrogens (tertiary/aromatic N) is 1. The number of hydrogen-bond acceptors (Lipinski definition) is 5. The van der Waals surface area contributed by atoms with Gasteiger partial charge in [0, 0.05) is 26.3 Å². The van der Waals surface area contributed by atoms with E-state index in [2.05, 4.69) is 5.16 Å². The lowest BCUT2D eigenvalue weighted by Gasteiger charge is -2.01. The number of benzene rings is 1. The molecule has 0 unspecified atom stereocenters. The van der Waals surface area contributed by atoms with E-state index >= 15 is 0 Å². The summed E-state index contributed by atoms with van der Waals surface area (Å²) in [4.78, 5) is 0. The topological polar surface area (TPSA) is 60.2 Å². The molecule has 3 rings (SSSR count). The normalized spacial score (nSPS) is 12.2. The van der Waals surface area contributed by atoms with Gasteiger partial charge in [-0.05, 0) is 19.9 Å². The van der Waals surface area contributed by atoms with Gasteiger partial charge in [0.1, 0.15) is 9.97 Å². The average Bonchev–Trinajstić information content (AvgIpc) is 2.90. The molecule has 7 heteroatoms.